The lowest BCUT2D eigenvalue weighted by Gasteiger charge is -2.10. The molecule has 0 saturated carbocycles. The fraction of sp³-hybridized carbons (Fsp3) is 0.143. The molecular weight excluding hydrogens is 244 g/mol. The maximum absolute atomic E-state index is 11.1. The SMILES string of the molecule is COc1ccc(Nc2nc(C)ccc2C(=O)O)cc1. The highest BCUT2D eigenvalue weighted by molar-refractivity contribution is 5.94. The van der Waals surface area contributed by atoms with Gasteiger partial charge in [-0.1, -0.05) is 0 Å². The molecule has 19 heavy (non-hydrogen) atoms. The molecule has 0 spiro atoms. The monoisotopic (exact) mass is 258 g/mol. The van der Waals surface area contributed by atoms with Crippen LogP contribution in [0.3, 0.4) is 0 Å². The quantitative estimate of drug-likeness (QED) is 0.882. The summed E-state index contributed by atoms with van der Waals surface area (Å²) in [7, 11) is 1.59. The first kappa shape index (κ1) is 12.9. The van der Waals surface area contributed by atoms with Gasteiger partial charge in [0.1, 0.15) is 17.1 Å². The van der Waals surface area contributed by atoms with Crippen molar-refractivity contribution in [2.24, 2.45) is 0 Å². The average Bonchev–Trinajstić information content (AvgIpc) is 2.39. The molecule has 0 aliphatic rings. The van der Waals surface area contributed by atoms with Crippen LogP contribution in [0.2, 0.25) is 0 Å². The molecule has 98 valence electrons. The number of aryl methyl sites for hydroxylation is 1. The minimum atomic E-state index is -1.01. The first-order valence-electron chi connectivity index (χ1n) is 5.72. The van der Waals surface area contributed by atoms with Gasteiger partial charge in [0.2, 0.25) is 0 Å². The number of anilines is 2. The molecule has 2 aromatic rings. The summed E-state index contributed by atoms with van der Waals surface area (Å²) in [6, 6.07) is 10.4. The number of pyridine rings is 1. The van der Waals surface area contributed by atoms with E-state index in [1.165, 1.54) is 6.07 Å². The number of benzene rings is 1. The summed E-state index contributed by atoms with van der Waals surface area (Å²) >= 11 is 0. The zero-order valence-electron chi connectivity index (χ0n) is 10.7. The summed E-state index contributed by atoms with van der Waals surface area (Å²) in [4.78, 5) is 15.3. The Balaban J connectivity index is 2.31. The molecule has 0 fully saturated rings. The molecule has 0 aliphatic heterocycles. The lowest BCUT2D eigenvalue weighted by atomic mass is 10.2. The minimum absolute atomic E-state index is 0.140. The maximum atomic E-state index is 11.1. The molecule has 0 amide bonds. The summed E-state index contributed by atoms with van der Waals surface area (Å²) in [5.41, 5.74) is 1.64. The Hall–Kier alpha value is -2.56. The second-order valence-electron chi connectivity index (χ2n) is 4.01. The van der Waals surface area contributed by atoms with Crippen molar-refractivity contribution in [3.63, 3.8) is 0 Å². The first-order chi connectivity index (χ1) is 9.10. The molecule has 0 atom stereocenters. The third-order valence-corrected chi connectivity index (χ3v) is 2.62. The van der Waals surface area contributed by atoms with E-state index in [0.717, 1.165) is 17.1 Å². The van der Waals surface area contributed by atoms with Crippen LogP contribution in [0.5, 0.6) is 5.75 Å². The van der Waals surface area contributed by atoms with E-state index in [1.807, 2.05) is 6.92 Å². The van der Waals surface area contributed by atoms with Crippen LogP contribution >= 0.6 is 0 Å². The molecule has 1 heterocycles. The van der Waals surface area contributed by atoms with E-state index >= 15 is 0 Å². The second-order valence-corrected chi connectivity index (χ2v) is 4.01. The highest BCUT2D eigenvalue weighted by atomic mass is 16.5. The number of carboxylic acids is 1. The number of aromatic carboxylic acids is 1. The Morgan fingerprint density at radius 1 is 1.21 bits per heavy atom. The van der Waals surface area contributed by atoms with Gasteiger partial charge in [-0.05, 0) is 43.3 Å². The number of methoxy groups -OCH3 is 1. The van der Waals surface area contributed by atoms with Crippen molar-refractivity contribution in [2.45, 2.75) is 6.92 Å². The van der Waals surface area contributed by atoms with Gasteiger partial charge >= 0.3 is 5.97 Å². The first-order valence-corrected chi connectivity index (χ1v) is 5.72. The van der Waals surface area contributed by atoms with Crippen LogP contribution in [-0.2, 0) is 0 Å². The molecule has 0 aliphatic carbocycles. The van der Waals surface area contributed by atoms with E-state index in [4.69, 9.17) is 9.84 Å². The summed E-state index contributed by atoms with van der Waals surface area (Å²) in [5.74, 6) is 0.0578. The number of hydrogen-bond donors (Lipinski definition) is 2. The minimum Gasteiger partial charge on any atom is -0.497 e. The lowest BCUT2D eigenvalue weighted by molar-refractivity contribution is 0.0697. The van der Waals surface area contributed by atoms with Gasteiger partial charge in [-0.25, -0.2) is 9.78 Å². The zero-order valence-corrected chi connectivity index (χ0v) is 10.7. The Morgan fingerprint density at radius 3 is 2.47 bits per heavy atom. The highest BCUT2D eigenvalue weighted by Crippen LogP contribution is 2.21. The summed E-state index contributed by atoms with van der Waals surface area (Å²) in [5, 5.41) is 12.1. The van der Waals surface area contributed by atoms with Crippen LogP contribution in [0.15, 0.2) is 36.4 Å². The number of carboxylic acid groups (broad SMARTS) is 1. The van der Waals surface area contributed by atoms with Gasteiger partial charge < -0.3 is 15.2 Å². The predicted molar refractivity (Wildman–Crippen MR) is 72.2 cm³/mol. The van der Waals surface area contributed by atoms with Crippen molar-refractivity contribution >= 4 is 17.5 Å². The Kier molecular flexibility index (Phi) is 3.66. The van der Waals surface area contributed by atoms with Gasteiger partial charge in [-0.2, -0.15) is 0 Å². The zero-order chi connectivity index (χ0) is 13.8. The summed E-state index contributed by atoms with van der Waals surface area (Å²) < 4.78 is 5.06. The standard InChI is InChI=1S/C14H14N2O3/c1-9-3-8-12(14(17)18)13(15-9)16-10-4-6-11(19-2)7-5-10/h3-8H,1-2H3,(H,15,16)(H,17,18). The van der Waals surface area contributed by atoms with Crippen molar-refractivity contribution in [3.8, 4) is 5.75 Å². The Morgan fingerprint density at radius 2 is 1.89 bits per heavy atom. The molecule has 1 aromatic heterocycles. The summed E-state index contributed by atoms with van der Waals surface area (Å²) in [6.07, 6.45) is 0. The van der Waals surface area contributed by atoms with E-state index in [-0.39, 0.29) is 5.56 Å². The summed E-state index contributed by atoms with van der Waals surface area (Å²) in [6.45, 7) is 1.81. The van der Waals surface area contributed by atoms with Gasteiger partial charge in [-0.15, -0.1) is 0 Å². The van der Waals surface area contributed by atoms with E-state index < -0.39 is 5.97 Å². The molecule has 1 aromatic carbocycles. The van der Waals surface area contributed by atoms with Crippen LogP contribution in [-0.4, -0.2) is 23.2 Å². The van der Waals surface area contributed by atoms with Crippen LogP contribution in [0.4, 0.5) is 11.5 Å². The third-order valence-electron chi connectivity index (χ3n) is 2.62. The number of aromatic nitrogens is 1. The fourth-order valence-corrected chi connectivity index (χ4v) is 1.64. The molecule has 2 N–H and O–H groups in total. The number of rotatable bonds is 4. The normalized spacial score (nSPS) is 10.0. The lowest BCUT2D eigenvalue weighted by Crippen LogP contribution is -2.05. The van der Waals surface area contributed by atoms with Crippen LogP contribution < -0.4 is 10.1 Å². The topological polar surface area (TPSA) is 71.5 Å². The van der Waals surface area contributed by atoms with E-state index in [2.05, 4.69) is 10.3 Å². The Bertz CT molecular complexity index is 594. The number of carbonyl (C=O) groups is 1. The van der Waals surface area contributed by atoms with Crippen molar-refractivity contribution < 1.29 is 14.6 Å². The van der Waals surface area contributed by atoms with Crippen molar-refractivity contribution in [3.05, 3.63) is 47.7 Å². The molecule has 5 heteroatoms. The van der Waals surface area contributed by atoms with Crippen LogP contribution in [0.1, 0.15) is 16.1 Å². The Labute approximate surface area is 110 Å². The van der Waals surface area contributed by atoms with Gasteiger partial charge in [0.05, 0.1) is 7.11 Å². The third kappa shape index (κ3) is 3.01. The second kappa shape index (κ2) is 5.39. The fourth-order valence-electron chi connectivity index (χ4n) is 1.64. The van der Waals surface area contributed by atoms with E-state index in [0.29, 0.717) is 5.82 Å². The molecule has 0 radical (unpaired) electrons. The van der Waals surface area contributed by atoms with Gasteiger partial charge in [-0.3, -0.25) is 0 Å². The van der Waals surface area contributed by atoms with Gasteiger partial charge in [0.15, 0.2) is 0 Å². The molecule has 0 unspecified atom stereocenters. The maximum Gasteiger partial charge on any atom is 0.339 e. The van der Waals surface area contributed by atoms with Gasteiger partial charge in [0.25, 0.3) is 0 Å². The predicted octanol–water partition coefficient (Wildman–Crippen LogP) is 2.84. The van der Waals surface area contributed by atoms with Crippen molar-refractivity contribution in [1.82, 2.24) is 4.98 Å². The smallest absolute Gasteiger partial charge is 0.339 e. The average molecular weight is 258 g/mol. The largest absolute Gasteiger partial charge is 0.497 e. The van der Waals surface area contributed by atoms with E-state index in [9.17, 15) is 4.79 Å². The number of nitrogens with zero attached hydrogens (tertiary/aromatic N) is 1. The molecule has 2 rings (SSSR count). The number of ether oxygens (including phenoxy) is 1. The van der Waals surface area contributed by atoms with Crippen LogP contribution in [0, 0.1) is 6.92 Å². The van der Waals surface area contributed by atoms with Crippen molar-refractivity contribution in [2.75, 3.05) is 12.4 Å². The van der Waals surface area contributed by atoms with E-state index in [1.54, 1.807) is 37.4 Å². The van der Waals surface area contributed by atoms with Gasteiger partial charge in [0, 0.05) is 11.4 Å². The van der Waals surface area contributed by atoms with Crippen molar-refractivity contribution in [1.29, 1.82) is 0 Å². The number of nitrogens with one attached hydrogen (secondary N) is 1. The molecular formula is C14H14N2O3. The molecule has 5 nitrogen and oxygen atoms in total. The molecule has 0 saturated heterocycles. The number of hydrogen-bond acceptors (Lipinski definition) is 4. The molecule has 0 bridgehead atoms. The van der Waals surface area contributed by atoms with Crippen LogP contribution in [0.25, 0.3) is 0 Å². The highest BCUT2D eigenvalue weighted by Gasteiger charge is 2.11.